The van der Waals surface area contributed by atoms with Gasteiger partial charge in [-0.1, -0.05) is 11.3 Å². The third-order valence-electron chi connectivity index (χ3n) is 3.95. The molecule has 130 valence electrons. The number of benzene rings is 1. The molecule has 1 amide bonds. The van der Waals surface area contributed by atoms with E-state index in [2.05, 4.69) is 15.2 Å². The van der Waals surface area contributed by atoms with Crippen LogP contribution in [0.25, 0.3) is 10.2 Å². The Morgan fingerprint density at radius 3 is 3.17 bits per heavy atom. The van der Waals surface area contributed by atoms with E-state index in [9.17, 15) is 9.18 Å². The molecule has 5 nitrogen and oxygen atoms in total. The second-order valence-corrected chi connectivity index (χ2v) is 7.84. The minimum atomic E-state index is -0.298. The Morgan fingerprint density at radius 1 is 1.54 bits per heavy atom. The minimum Gasteiger partial charge on any atom is -0.383 e. The molecular weight excluding hydrogens is 349 g/mol. The molecule has 1 aliphatic rings. The van der Waals surface area contributed by atoms with Gasteiger partial charge in [0.1, 0.15) is 5.82 Å². The molecule has 1 aromatic heterocycles. The molecule has 1 aromatic carbocycles. The van der Waals surface area contributed by atoms with Gasteiger partial charge >= 0.3 is 0 Å². The molecular formula is C16H20FN3O2S2. The van der Waals surface area contributed by atoms with Crippen molar-refractivity contribution in [3.05, 3.63) is 24.0 Å². The lowest BCUT2D eigenvalue weighted by Crippen LogP contribution is -2.42. The van der Waals surface area contributed by atoms with Crippen LogP contribution in [-0.4, -0.2) is 60.1 Å². The molecule has 0 aliphatic carbocycles. The number of fused-ring (bicyclic) bond motifs is 1. The van der Waals surface area contributed by atoms with Gasteiger partial charge in [-0.05, 0) is 30.4 Å². The third-order valence-corrected chi connectivity index (χ3v) is 6.03. The van der Waals surface area contributed by atoms with Crippen molar-refractivity contribution in [1.82, 2.24) is 9.88 Å². The maximum atomic E-state index is 13.2. The average molecular weight is 369 g/mol. The van der Waals surface area contributed by atoms with Crippen molar-refractivity contribution in [3.63, 3.8) is 0 Å². The predicted molar refractivity (Wildman–Crippen MR) is 97.4 cm³/mol. The van der Waals surface area contributed by atoms with E-state index in [1.807, 2.05) is 11.8 Å². The highest BCUT2D eigenvalue weighted by atomic mass is 32.2. The van der Waals surface area contributed by atoms with Gasteiger partial charge in [-0.15, -0.1) is 0 Å². The van der Waals surface area contributed by atoms with Crippen LogP contribution >= 0.6 is 23.1 Å². The number of aromatic nitrogens is 1. The van der Waals surface area contributed by atoms with Crippen molar-refractivity contribution in [2.24, 2.45) is 0 Å². The van der Waals surface area contributed by atoms with Gasteiger partial charge in [0.25, 0.3) is 0 Å². The van der Waals surface area contributed by atoms with Gasteiger partial charge in [0.2, 0.25) is 5.91 Å². The molecule has 8 heteroatoms. The predicted octanol–water partition coefficient (Wildman–Crippen LogP) is 2.83. The molecule has 2 aromatic rings. The number of thioether (sulfide) groups is 1. The maximum absolute atomic E-state index is 13.2. The van der Waals surface area contributed by atoms with E-state index in [0.717, 1.165) is 29.2 Å². The van der Waals surface area contributed by atoms with Crippen LogP contribution in [0, 0.1) is 5.82 Å². The SMILES string of the molecule is COCCN(CC(=O)Nc1nc2ccc(F)cc2s1)[C@H]1CCSC1. The first-order valence-corrected chi connectivity index (χ1v) is 9.79. The van der Waals surface area contributed by atoms with Crippen molar-refractivity contribution in [2.75, 3.05) is 43.6 Å². The molecule has 1 atom stereocenters. The molecule has 2 heterocycles. The first-order valence-electron chi connectivity index (χ1n) is 7.82. The summed E-state index contributed by atoms with van der Waals surface area (Å²) in [6.07, 6.45) is 1.10. The molecule has 0 saturated carbocycles. The van der Waals surface area contributed by atoms with E-state index in [4.69, 9.17) is 4.74 Å². The fourth-order valence-electron chi connectivity index (χ4n) is 2.70. The van der Waals surface area contributed by atoms with Gasteiger partial charge in [0.05, 0.1) is 23.4 Å². The Hall–Kier alpha value is -1.22. The number of amides is 1. The Kier molecular flexibility index (Phi) is 6.04. The summed E-state index contributed by atoms with van der Waals surface area (Å²) in [5, 5.41) is 3.35. The summed E-state index contributed by atoms with van der Waals surface area (Å²) in [6.45, 7) is 1.66. The van der Waals surface area contributed by atoms with Crippen molar-refractivity contribution < 1.29 is 13.9 Å². The Balaban J connectivity index is 1.63. The zero-order chi connectivity index (χ0) is 16.9. The minimum absolute atomic E-state index is 0.0949. The molecule has 0 bridgehead atoms. The van der Waals surface area contributed by atoms with E-state index >= 15 is 0 Å². The standard InChI is InChI=1S/C16H20FN3O2S2/c1-22-6-5-20(12-4-7-23-10-12)9-15(21)19-16-18-13-3-2-11(17)8-14(13)24-16/h2-3,8,12H,4-7,9-10H2,1H3,(H,18,19,21)/t12-/m0/s1. The van der Waals surface area contributed by atoms with Crippen LogP contribution in [0.3, 0.4) is 0 Å². The number of halogens is 1. The van der Waals surface area contributed by atoms with Gasteiger partial charge in [-0.2, -0.15) is 11.8 Å². The third kappa shape index (κ3) is 4.44. The van der Waals surface area contributed by atoms with Crippen molar-refractivity contribution in [2.45, 2.75) is 12.5 Å². The quantitative estimate of drug-likeness (QED) is 0.813. The van der Waals surface area contributed by atoms with E-state index in [1.165, 1.54) is 23.5 Å². The maximum Gasteiger partial charge on any atom is 0.240 e. The van der Waals surface area contributed by atoms with Crippen LogP contribution in [0.5, 0.6) is 0 Å². The zero-order valence-electron chi connectivity index (χ0n) is 13.5. The summed E-state index contributed by atoms with van der Waals surface area (Å²) >= 11 is 3.21. The lowest BCUT2D eigenvalue weighted by Gasteiger charge is -2.27. The van der Waals surface area contributed by atoms with Gasteiger partial charge in [0.15, 0.2) is 5.13 Å². The smallest absolute Gasteiger partial charge is 0.240 e. The molecule has 1 aliphatic heterocycles. The van der Waals surface area contributed by atoms with Gasteiger partial charge in [0, 0.05) is 25.4 Å². The van der Waals surface area contributed by atoms with Crippen molar-refractivity contribution in [3.8, 4) is 0 Å². The monoisotopic (exact) mass is 369 g/mol. The second-order valence-electron chi connectivity index (χ2n) is 5.66. The zero-order valence-corrected chi connectivity index (χ0v) is 15.1. The number of anilines is 1. The van der Waals surface area contributed by atoms with Crippen molar-refractivity contribution >= 4 is 44.4 Å². The fourth-order valence-corrected chi connectivity index (χ4v) is 4.87. The molecule has 1 N–H and O–H groups in total. The number of thiazole rings is 1. The highest BCUT2D eigenvalue weighted by Gasteiger charge is 2.24. The van der Waals surface area contributed by atoms with E-state index in [0.29, 0.717) is 29.8 Å². The number of rotatable bonds is 7. The number of ether oxygens (including phenoxy) is 1. The van der Waals surface area contributed by atoms with Crippen LogP contribution < -0.4 is 5.32 Å². The summed E-state index contributed by atoms with van der Waals surface area (Å²) in [5.74, 6) is 1.80. The van der Waals surface area contributed by atoms with Gasteiger partial charge < -0.3 is 10.1 Å². The van der Waals surface area contributed by atoms with Crippen LogP contribution in [0.1, 0.15) is 6.42 Å². The summed E-state index contributed by atoms with van der Waals surface area (Å²) in [4.78, 5) is 18.9. The number of nitrogens with zero attached hydrogens (tertiary/aromatic N) is 2. The van der Waals surface area contributed by atoms with E-state index in [1.54, 1.807) is 13.2 Å². The summed E-state index contributed by atoms with van der Waals surface area (Å²) in [5.41, 5.74) is 0.695. The van der Waals surface area contributed by atoms with Gasteiger partial charge in [-0.3, -0.25) is 9.69 Å². The number of hydrogen-bond donors (Lipinski definition) is 1. The average Bonchev–Trinajstić information content (AvgIpc) is 3.20. The number of carbonyl (C=O) groups is 1. The fraction of sp³-hybridized carbons (Fsp3) is 0.500. The largest absolute Gasteiger partial charge is 0.383 e. The first-order chi connectivity index (χ1) is 11.7. The molecule has 3 rings (SSSR count). The van der Waals surface area contributed by atoms with Gasteiger partial charge in [-0.25, -0.2) is 9.37 Å². The number of hydrogen-bond acceptors (Lipinski definition) is 6. The molecule has 24 heavy (non-hydrogen) atoms. The number of methoxy groups -OCH3 is 1. The molecule has 0 radical (unpaired) electrons. The Labute approximate surface area is 148 Å². The molecule has 1 fully saturated rings. The molecule has 0 spiro atoms. The Morgan fingerprint density at radius 2 is 2.42 bits per heavy atom. The van der Waals surface area contributed by atoms with E-state index < -0.39 is 0 Å². The van der Waals surface area contributed by atoms with Crippen molar-refractivity contribution in [1.29, 1.82) is 0 Å². The van der Waals surface area contributed by atoms with Crippen LogP contribution in [0.4, 0.5) is 9.52 Å². The first kappa shape index (κ1) is 17.6. The number of nitrogens with one attached hydrogen (secondary N) is 1. The van der Waals surface area contributed by atoms with Crippen LogP contribution in [0.15, 0.2) is 18.2 Å². The topological polar surface area (TPSA) is 54.5 Å². The summed E-state index contributed by atoms with van der Waals surface area (Å²) < 4.78 is 19.1. The number of carbonyl (C=O) groups excluding carboxylic acids is 1. The summed E-state index contributed by atoms with van der Waals surface area (Å²) in [7, 11) is 1.67. The van der Waals surface area contributed by atoms with E-state index in [-0.39, 0.29) is 11.7 Å². The highest BCUT2D eigenvalue weighted by molar-refractivity contribution is 7.99. The normalized spacial score (nSPS) is 17.7. The molecule has 1 saturated heterocycles. The lowest BCUT2D eigenvalue weighted by atomic mass is 10.2. The highest BCUT2D eigenvalue weighted by Crippen LogP contribution is 2.27. The van der Waals surface area contributed by atoms with Crippen LogP contribution in [-0.2, 0) is 9.53 Å². The van der Waals surface area contributed by atoms with Crippen LogP contribution in [0.2, 0.25) is 0 Å². The summed E-state index contributed by atoms with van der Waals surface area (Å²) in [6, 6.07) is 4.85. The molecule has 0 unspecified atom stereocenters. The lowest BCUT2D eigenvalue weighted by molar-refractivity contribution is -0.117. The Bertz CT molecular complexity index is 704. The second kappa shape index (κ2) is 8.24.